The van der Waals surface area contributed by atoms with Gasteiger partial charge in [-0.05, 0) is 19.1 Å². The predicted octanol–water partition coefficient (Wildman–Crippen LogP) is 1.19. The van der Waals surface area contributed by atoms with Crippen molar-refractivity contribution in [3.05, 3.63) is 43.0 Å². The Kier molecular flexibility index (Phi) is 3.85. The molecule has 6 heteroatoms. The Balaban J connectivity index is 1.59. The summed E-state index contributed by atoms with van der Waals surface area (Å²) >= 11 is 0. The van der Waals surface area contributed by atoms with Crippen LogP contribution in [0.4, 0.5) is 5.69 Å². The number of carbonyl (C=O) groups excluding carboxylic acids is 1. The molecule has 0 bridgehead atoms. The summed E-state index contributed by atoms with van der Waals surface area (Å²) in [4.78, 5) is 20.6. The third-order valence-electron chi connectivity index (χ3n) is 3.90. The minimum absolute atomic E-state index is 0.105. The zero-order valence-corrected chi connectivity index (χ0v) is 12.1. The Morgan fingerprint density at radius 2 is 1.86 bits per heavy atom. The van der Waals surface area contributed by atoms with Gasteiger partial charge < -0.3 is 9.80 Å². The highest BCUT2D eigenvalue weighted by molar-refractivity contribution is 5.80. The Morgan fingerprint density at radius 3 is 2.48 bits per heavy atom. The lowest BCUT2D eigenvalue weighted by Gasteiger charge is -2.37. The Morgan fingerprint density at radius 1 is 1.14 bits per heavy atom. The number of piperazine rings is 1. The molecule has 1 amide bonds. The van der Waals surface area contributed by atoms with Crippen molar-refractivity contribution in [2.24, 2.45) is 0 Å². The molecule has 1 atom stereocenters. The van der Waals surface area contributed by atoms with Crippen molar-refractivity contribution in [2.45, 2.75) is 13.0 Å². The molecular formula is C15H19N5O. The van der Waals surface area contributed by atoms with Crippen LogP contribution in [0.5, 0.6) is 0 Å². The van der Waals surface area contributed by atoms with Crippen LogP contribution in [-0.4, -0.2) is 51.8 Å². The van der Waals surface area contributed by atoms with Gasteiger partial charge in [0.15, 0.2) is 0 Å². The molecule has 0 spiro atoms. The monoisotopic (exact) mass is 285 g/mol. The molecule has 0 unspecified atom stereocenters. The SMILES string of the molecule is C[C@@H](C(=O)N1CCN(c2ccccc2)CC1)n1cncn1. The highest BCUT2D eigenvalue weighted by Gasteiger charge is 2.26. The van der Waals surface area contributed by atoms with E-state index in [0.29, 0.717) is 0 Å². The second kappa shape index (κ2) is 5.95. The van der Waals surface area contributed by atoms with E-state index in [9.17, 15) is 4.79 Å². The average molecular weight is 285 g/mol. The van der Waals surface area contributed by atoms with Crippen molar-refractivity contribution in [3.8, 4) is 0 Å². The van der Waals surface area contributed by atoms with Crippen LogP contribution in [0, 0.1) is 0 Å². The molecule has 1 aromatic carbocycles. The average Bonchev–Trinajstić information content (AvgIpc) is 3.09. The molecule has 0 saturated carbocycles. The first-order valence-corrected chi connectivity index (χ1v) is 7.18. The number of anilines is 1. The molecule has 1 aromatic heterocycles. The highest BCUT2D eigenvalue weighted by atomic mass is 16.2. The van der Waals surface area contributed by atoms with E-state index < -0.39 is 0 Å². The number of para-hydroxylation sites is 1. The van der Waals surface area contributed by atoms with Crippen LogP contribution in [-0.2, 0) is 4.79 Å². The van der Waals surface area contributed by atoms with Gasteiger partial charge in [-0.25, -0.2) is 9.67 Å². The first kappa shape index (κ1) is 13.6. The summed E-state index contributed by atoms with van der Waals surface area (Å²) in [5, 5.41) is 4.04. The molecule has 0 N–H and O–H groups in total. The van der Waals surface area contributed by atoms with Gasteiger partial charge in [0, 0.05) is 31.9 Å². The summed E-state index contributed by atoms with van der Waals surface area (Å²) in [6.45, 7) is 5.07. The minimum atomic E-state index is -0.296. The van der Waals surface area contributed by atoms with Crippen molar-refractivity contribution in [1.29, 1.82) is 0 Å². The van der Waals surface area contributed by atoms with E-state index in [1.165, 1.54) is 12.0 Å². The maximum absolute atomic E-state index is 12.5. The number of amides is 1. The van der Waals surface area contributed by atoms with E-state index in [4.69, 9.17) is 0 Å². The fourth-order valence-corrected chi connectivity index (χ4v) is 2.62. The Bertz CT molecular complexity index is 575. The minimum Gasteiger partial charge on any atom is -0.368 e. The fraction of sp³-hybridized carbons (Fsp3) is 0.400. The number of hydrogen-bond donors (Lipinski definition) is 0. The summed E-state index contributed by atoms with van der Waals surface area (Å²) in [6.07, 6.45) is 3.04. The van der Waals surface area contributed by atoms with Gasteiger partial charge >= 0.3 is 0 Å². The summed E-state index contributed by atoms with van der Waals surface area (Å²) in [6, 6.07) is 10.0. The lowest BCUT2D eigenvalue weighted by Crippen LogP contribution is -2.50. The van der Waals surface area contributed by atoms with Crippen LogP contribution >= 0.6 is 0 Å². The van der Waals surface area contributed by atoms with Crippen LogP contribution in [0.2, 0.25) is 0 Å². The number of hydrogen-bond acceptors (Lipinski definition) is 4. The number of benzene rings is 1. The molecule has 6 nitrogen and oxygen atoms in total. The van der Waals surface area contributed by atoms with Gasteiger partial charge in [0.05, 0.1) is 0 Å². The quantitative estimate of drug-likeness (QED) is 0.850. The van der Waals surface area contributed by atoms with Crippen LogP contribution in [0.3, 0.4) is 0 Å². The molecule has 0 aliphatic carbocycles. The molecule has 1 aliphatic rings. The predicted molar refractivity (Wildman–Crippen MR) is 80.0 cm³/mol. The summed E-state index contributed by atoms with van der Waals surface area (Å²) < 4.78 is 1.60. The second-order valence-electron chi connectivity index (χ2n) is 5.20. The maximum Gasteiger partial charge on any atom is 0.247 e. The van der Waals surface area contributed by atoms with Gasteiger partial charge in [-0.1, -0.05) is 18.2 Å². The fourth-order valence-electron chi connectivity index (χ4n) is 2.62. The van der Waals surface area contributed by atoms with Gasteiger partial charge in [0.1, 0.15) is 18.7 Å². The van der Waals surface area contributed by atoms with Crippen LogP contribution in [0.1, 0.15) is 13.0 Å². The molecule has 3 rings (SSSR count). The molecule has 2 aromatic rings. The molecular weight excluding hydrogens is 266 g/mol. The summed E-state index contributed by atoms with van der Waals surface area (Å²) in [5.41, 5.74) is 1.22. The van der Waals surface area contributed by atoms with Crippen molar-refractivity contribution in [2.75, 3.05) is 31.1 Å². The van der Waals surface area contributed by atoms with Crippen LogP contribution < -0.4 is 4.90 Å². The zero-order valence-electron chi connectivity index (χ0n) is 12.1. The number of nitrogens with zero attached hydrogens (tertiary/aromatic N) is 5. The van der Waals surface area contributed by atoms with Crippen molar-refractivity contribution in [3.63, 3.8) is 0 Å². The van der Waals surface area contributed by atoms with Gasteiger partial charge in [-0.2, -0.15) is 5.10 Å². The van der Waals surface area contributed by atoms with Gasteiger partial charge in [0.2, 0.25) is 5.91 Å². The molecule has 110 valence electrons. The lowest BCUT2D eigenvalue weighted by molar-refractivity contribution is -0.134. The number of aromatic nitrogens is 3. The van der Waals surface area contributed by atoms with E-state index >= 15 is 0 Å². The van der Waals surface area contributed by atoms with Gasteiger partial charge in [-0.3, -0.25) is 4.79 Å². The van der Waals surface area contributed by atoms with E-state index in [-0.39, 0.29) is 11.9 Å². The third kappa shape index (κ3) is 2.89. The Hall–Kier alpha value is -2.37. The molecule has 21 heavy (non-hydrogen) atoms. The standard InChI is InChI=1S/C15H19N5O/c1-13(20-12-16-11-17-20)15(21)19-9-7-18(8-10-19)14-5-3-2-4-6-14/h2-6,11-13H,7-10H2,1H3/t13-/m0/s1. The van der Waals surface area contributed by atoms with Gasteiger partial charge in [0.25, 0.3) is 0 Å². The molecule has 1 fully saturated rings. The third-order valence-corrected chi connectivity index (χ3v) is 3.90. The van der Waals surface area contributed by atoms with E-state index in [2.05, 4.69) is 27.1 Å². The molecule has 1 saturated heterocycles. The van der Waals surface area contributed by atoms with E-state index in [1.807, 2.05) is 30.0 Å². The molecule has 1 aliphatic heterocycles. The van der Waals surface area contributed by atoms with Crippen LogP contribution in [0.15, 0.2) is 43.0 Å². The first-order chi connectivity index (χ1) is 10.3. The summed E-state index contributed by atoms with van der Waals surface area (Å²) in [7, 11) is 0. The maximum atomic E-state index is 12.5. The first-order valence-electron chi connectivity index (χ1n) is 7.18. The van der Waals surface area contributed by atoms with E-state index in [1.54, 1.807) is 11.0 Å². The Labute approximate surface area is 124 Å². The smallest absolute Gasteiger partial charge is 0.247 e. The van der Waals surface area contributed by atoms with E-state index in [0.717, 1.165) is 26.2 Å². The van der Waals surface area contributed by atoms with Crippen LogP contribution in [0.25, 0.3) is 0 Å². The summed E-state index contributed by atoms with van der Waals surface area (Å²) in [5.74, 6) is 0.105. The number of rotatable bonds is 3. The zero-order chi connectivity index (χ0) is 14.7. The molecule has 2 heterocycles. The molecule has 0 radical (unpaired) electrons. The normalized spacial score (nSPS) is 16.8. The van der Waals surface area contributed by atoms with Crippen molar-refractivity contribution >= 4 is 11.6 Å². The number of carbonyl (C=O) groups is 1. The van der Waals surface area contributed by atoms with Crippen molar-refractivity contribution in [1.82, 2.24) is 19.7 Å². The lowest BCUT2D eigenvalue weighted by atomic mass is 10.2. The second-order valence-corrected chi connectivity index (χ2v) is 5.20. The highest BCUT2D eigenvalue weighted by Crippen LogP contribution is 2.17. The van der Waals surface area contributed by atoms with Gasteiger partial charge in [-0.15, -0.1) is 0 Å². The van der Waals surface area contributed by atoms with Crippen molar-refractivity contribution < 1.29 is 4.79 Å². The topological polar surface area (TPSA) is 54.3 Å². The largest absolute Gasteiger partial charge is 0.368 e.